The number of halogens is 1. The van der Waals surface area contributed by atoms with E-state index in [1.807, 2.05) is 25.1 Å². The van der Waals surface area contributed by atoms with E-state index in [4.69, 9.17) is 11.6 Å². The third-order valence-electron chi connectivity index (χ3n) is 5.71. The van der Waals surface area contributed by atoms with Crippen molar-refractivity contribution in [2.45, 2.75) is 33.7 Å². The van der Waals surface area contributed by atoms with E-state index in [2.05, 4.69) is 46.6 Å². The van der Waals surface area contributed by atoms with Crippen molar-refractivity contribution in [3.63, 3.8) is 0 Å². The van der Waals surface area contributed by atoms with Gasteiger partial charge in [-0.2, -0.15) is 0 Å². The summed E-state index contributed by atoms with van der Waals surface area (Å²) in [4.78, 5) is 4.81. The second-order valence-corrected chi connectivity index (χ2v) is 10.1. The number of piperazine rings is 1. The molecule has 0 bridgehead atoms. The summed E-state index contributed by atoms with van der Waals surface area (Å²) >= 11 is 6.82. The smallest absolute Gasteiger partial charge is 0.211 e. The normalized spacial score (nSPS) is 15.5. The van der Waals surface area contributed by atoms with E-state index in [0.717, 1.165) is 60.7 Å². The molecular formula is C23H32ClN3O2S. The first-order chi connectivity index (χ1) is 14.3. The van der Waals surface area contributed by atoms with Crippen molar-refractivity contribution in [2.24, 2.45) is 0 Å². The number of benzene rings is 2. The SMILES string of the molecule is CCCS(=O)(=O)NCc1cc(N2CCN(CC)CC2)cc(-c2ccccc2C)c1Cl. The van der Waals surface area contributed by atoms with Gasteiger partial charge in [0, 0.05) is 44.0 Å². The van der Waals surface area contributed by atoms with Gasteiger partial charge in [0.1, 0.15) is 0 Å². The van der Waals surface area contributed by atoms with E-state index < -0.39 is 10.0 Å². The van der Waals surface area contributed by atoms with Gasteiger partial charge in [0.25, 0.3) is 0 Å². The van der Waals surface area contributed by atoms with Crippen molar-refractivity contribution in [3.8, 4) is 11.1 Å². The van der Waals surface area contributed by atoms with Gasteiger partial charge < -0.3 is 9.80 Å². The molecule has 5 nitrogen and oxygen atoms in total. The van der Waals surface area contributed by atoms with Crippen molar-refractivity contribution in [1.29, 1.82) is 0 Å². The first-order valence-corrected chi connectivity index (χ1v) is 12.7. The number of likely N-dealkylation sites (N-methyl/N-ethyl adjacent to an activating group) is 1. The van der Waals surface area contributed by atoms with Crippen molar-refractivity contribution < 1.29 is 8.42 Å². The lowest BCUT2D eigenvalue weighted by molar-refractivity contribution is 0.271. The Bertz CT molecular complexity index is 970. The lowest BCUT2D eigenvalue weighted by atomic mass is 9.97. The standard InChI is InChI=1S/C23H32ClN3O2S/c1-4-14-30(28,29)25-17-19-15-20(27-12-10-26(5-2)11-13-27)16-22(23(19)24)21-9-7-6-8-18(21)3/h6-9,15-16,25H,4-5,10-14,17H2,1-3H3. The Kier molecular flexibility index (Phi) is 7.80. The van der Waals surface area contributed by atoms with Crippen LogP contribution in [0.2, 0.25) is 5.02 Å². The number of aryl methyl sites for hydroxylation is 1. The van der Waals surface area contributed by atoms with Crippen LogP contribution in [-0.2, 0) is 16.6 Å². The maximum Gasteiger partial charge on any atom is 0.211 e. The zero-order chi connectivity index (χ0) is 21.7. The van der Waals surface area contributed by atoms with Crippen LogP contribution < -0.4 is 9.62 Å². The number of rotatable bonds is 8. The molecular weight excluding hydrogens is 418 g/mol. The highest BCUT2D eigenvalue weighted by Gasteiger charge is 2.20. The summed E-state index contributed by atoms with van der Waals surface area (Å²) in [7, 11) is -3.31. The van der Waals surface area contributed by atoms with E-state index in [0.29, 0.717) is 11.4 Å². The summed E-state index contributed by atoms with van der Waals surface area (Å²) in [5.41, 5.74) is 5.08. The van der Waals surface area contributed by atoms with Crippen molar-refractivity contribution in [3.05, 3.63) is 52.5 Å². The zero-order valence-corrected chi connectivity index (χ0v) is 19.7. The monoisotopic (exact) mass is 449 g/mol. The van der Waals surface area contributed by atoms with Crippen LogP contribution in [0.5, 0.6) is 0 Å². The summed E-state index contributed by atoms with van der Waals surface area (Å²) in [6.07, 6.45) is 0.583. The van der Waals surface area contributed by atoms with Crippen LogP contribution in [-0.4, -0.2) is 51.8 Å². The Labute approximate surface area is 186 Å². The Balaban J connectivity index is 1.98. The van der Waals surface area contributed by atoms with Crippen LogP contribution >= 0.6 is 11.6 Å². The molecule has 30 heavy (non-hydrogen) atoms. The van der Waals surface area contributed by atoms with E-state index in [1.54, 1.807) is 0 Å². The largest absolute Gasteiger partial charge is 0.369 e. The Morgan fingerprint density at radius 2 is 1.73 bits per heavy atom. The number of hydrogen-bond acceptors (Lipinski definition) is 4. The molecule has 1 heterocycles. The molecule has 1 saturated heterocycles. The molecule has 0 radical (unpaired) electrons. The molecule has 0 aromatic heterocycles. The van der Waals surface area contributed by atoms with Gasteiger partial charge in [-0.05, 0) is 48.7 Å². The van der Waals surface area contributed by atoms with Crippen LogP contribution in [0.4, 0.5) is 5.69 Å². The fourth-order valence-electron chi connectivity index (χ4n) is 3.90. The first kappa shape index (κ1) is 23.1. The second kappa shape index (κ2) is 10.1. The molecule has 0 saturated carbocycles. The summed E-state index contributed by atoms with van der Waals surface area (Å²) in [6.45, 7) is 11.3. The third-order valence-corrected chi connectivity index (χ3v) is 7.68. The molecule has 2 aromatic carbocycles. The number of anilines is 1. The molecule has 164 valence electrons. The molecule has 3 rings (SSSR count). The van der Waals surface area contributed by atoms with E-state index >= 15 is 0 Å². The average molecular weight is 450 g/mol. The highest BCUT2D eigenvalue weighted by molar-refractivity contribution is 7.89. The molecule has 1 aliphatic heterocycles. The molecule has 7 heteroatoms. The minimum atomic E-state index is -3.31. The average Bonchev–Trinajstić information content (AvgIpc) is 2.74. The van der Waals surface area contributed by atoms with Crippen LogP contribution in [0.15, 0.2) is 36.4 Å². The van der Waals surface area contributed by atoms with Crippen LogP contribution in [0, 0.1) is 6.92 Å². The summed E-state index contributed by atoms with van der Waals surface area (Å²) < 4.78 is 27.1. The Morgan fingerprint density at radius 3 is 2.37 bits per heavy atom. The predicted octanol–water partition coefficient (Wildman–Crippen LogP) is 4.29. The predicted molar refractivity (Wildman–Crippen MR) is 127 cm³/mol. The highest BCUT2D eigenvalue weighted by atomic mass is 35.5. The van der Waals surface area contributed by atoms with Gasteiger partial charge in [0.15, 0.2) is 0 Å². The number of nitrogens with one attached hydrogen (secondary N) is 1. The topological polar surface area (TPSA) is 52.7 Å². The molecule has 1 aliphatic rings. The van der Waals surface area contributed by atoms with Gasteiger partial charge in [-0.25, -0.2) is 13.1 Å². The van der Waals surface area contributed by atoms with Gasteiger partial charge in [-0.3, -0.25) is 0 Å². The molecule has 0 unspecified atom stereocenters. The van der Waals surface area contributed by atoms with E-state index in [1.165, 1.54) is 0 Å². The van der Waals surface area contributed by atoms with Crippen molar-refractivity contribution in [2.75, 3.05) is 43.4 Å². The summed E-state index contributed by atoms with van der Waals surface area (Å²) in [6, 6.07) is 12.4. The summed E-state index contributed by atoms with van der Waals surface area (Å²) in [5.74, 6) is 0.119. The van der Waals surface area contributed by atoms with Gasteiger partial charge in [0.05, 0.1) is 10.8 Å². The molecule has 2 aromatic rings. The fourth-order valence-corrected chi connectivity index (χ4v) is 5.24. The third kappa shape index (κ3) is 5.55. The Morgan fingerprint density at radius 1 is 1.03 bits per heavy atom. The fraction of sp³-hybridized carbons (Fsp3) is 0.478. The molecule has 0 spiro atoms. The second-order valence-electron chi connectivity index (χ2n) is 7.84. The van der Waals surface area contributed by atoms with Crippen LogP contribution in [0.25, 0.3) is 11.1 Å². The quantitative estimate of drug-likeness (QED) is 0.653. The van der Waals surface area contributed by atoms with Crippen LogP contribution in [0.3, 0.4) is 0 Å². The van der Waals surface area contributed by atoms with Gasteiger partial charge in [-0.15, -0.1) is 0 Å². The number of hydrogen-bond donors (Lipinski definition) is 1. The maximum atomic E-state index is 12.2. The highest BCUT2D eigenvalue weighted by Crippen LogP contribution is 2.37. The van der Waals surface area contributed by atoms with Crippen molar-refractivity contribution in [1.82, 2.24) is 9.62 Å². The van der Waals surface area contributed by atoms with E-state index in [-0.39, 0.29) is 12.3 Å². The lowest BCUT2D eigenvalue weighted by Gasteiger charge is -2.36. The van der Waals surface area contributed by atoms with Gasteiger partial charge in [-0.1, -0.05) is 49.7 Å². The molecule has 0 amide bonds. The zero-order valence-electron chi connectivity index (χ0n) is 18.1. The molecule has 1 fully saturated rings. The summed E-state index contributed by atoms with van der Waals surface area (Å²) in [5, 5.41) is 0.611. The molecule has 0 atom stereocenters. The minimum absolute atomic E-state index is 0.119. The van der Waals surface area contributed by atoms with Crippen LogP contribution in [0.1, 0.15) is 31.4 Å². The molecule has 0 aliphatic carbocycles. The van der Waals surface area contributed by atoms with E-state index in [9.17, 15) is 8.42 Å². The van der Waals surface area contributed by atoms with Gasteiger partial charge in [0.2, 0.25) is 10.0 Å². The maximum absolute atomic E-state index is 12.2. The molecule has 1 N–H and O–H groups in total. The minimum Gasteiger partial charge on any atom is -0.369 e. The van der Waals surface area contributed by atoms with Gasteiger partial charge >= 0.3 is 0 Å². The lowest BCUT2D eigenvalue weighted by Crippen LogP contribution is -2.46. The number of nitrogens with zero attached hydrogens (tertiary/aromatic N) is 2. The first-order valence-electron chi connectivity index (χ1n) is 10.7. The number of sulfonamides is 1. The Hall–Kier alpha value is -1.60. The van der Waals surface area contributed by atoms with Crippen molar-refractivity contribution >= 4 is 27.3 Å².